The van der Waals surface area contributed by atoms with Crippen LogP contribution in [0.4, 0.5) is 8.78 Å². The smallest absolute Gasteiger partial charge is 0.229 e. The number of fused-ring (bicyclic) bond motifs is 1. The van der Waals surface area contributed by atoms with Gasteiger partial charge in [0.05, 0.1) is 39.6 Å². The van der Waals surface area contributed by atoms with Gasteiger partial charge in [-0.3, -0.25) is 0 Å². The van der Waals surface area contributed by atoms with Crippen LogP contribution in [0.1, 0.15) is 62.8 Å². The van der Waals surface area contributed by atoms with Gasteiger partial charge in [0.25, 0.3) is 5.95 Å². The van der Waals surface area contributed by atoms with E-state index in [2.05, 4.69) is 53.0 Å². The summed E-state index contributed by atoms with van der Waals surface area (Å²) >= 11 is 0. The van der Waals surface area contributed by atoms with Gasteiger partial charge in [0.1, 0.15) is 18.0 Å². The predicted octanol–water partition coefficient (Wildman–Crippen LogP) is 4.22. The Morgan fingerprint density at radius 2 is 1.77 bits per heavy atom. The fraction of sp³-hybridized carbons (Fsp3) is 0.429. The van der Waals surface area contributed by atoms with Gasteiger partial charge in [-0.1, -0.05) is 26.8 Å². The molecule has 4 aromatic rings. The Labute approximate surface area is 231 Å². The maximum atomic E-state index is 14.6. The van der Waals surface area contributed by atoms with Crippen LogP contribution in [-0.2, 0) is 21.7 Å². The van der Waals surface area contributed by atoms with E-state index in [4.69, 9.17) is 4.98 Å². The number of sulfone groups is 1. The third kappa shape index (κ3) is 4.29. The van der Waals surface area contributed by atoms with E-state index >= 15 is 0 Å². The Balaban J connectivity index is 1.39. The van der Waals surface area contributed by atoms with Gasteiger partial charge < -0.3 is 0 Å². The van der Waals surface area contributed by atoms with Crippen LogP contribution in [0, 0.1) is 23.0 Å². The Bertz CT molecular complexity index is 1710. The lowest BCUT2D eigenvalue weighted by molar-refractivity contribution is 0.158. The molecule has 1 saturated heterocycles. The Morgan fingerprint density at radius 3 is 2.48 bits per heavy atom. The number of hydrogen-bond acceptors (Lipinski definition) is 8. The highest BCUT2D eigenvalue weighted by atomic mass is 32.2. The molecule has 208 valence electrons. The summed E-state index contributed by atoms with van der Waals surface area (Å²) in [6, 6.07) is 7.33. The second-order valence-corrected chi connectivity index (χ2v) is 13.9. The van der Waals surface area contributed by atoms with Crippen molar-refractivity contribution in [2.24, 2.45) is 11.3 Å². The van der Waals surface area contributed by atoms with Crippen molar-refractivity contribution in [1.29, 1.82) is 0 Å². The second-order valence-electron chi connectivity index (χ2n) is 11.7. The van der Waals surface area contributed by atoms with Crippen LogP contribution >= 0.6 is 0 Å². The molecule has 0 bridgehead atoms. The molecule has 12 heteroatoms. The lowest BCUT2D eigenvalue weighted by Crippen LogP contribution is -2.47. The third-order valence-corrected chi connectivity index (χ3v) is 10.5. The van der Waals surface area contributed by atoms with Crippen molar-refractivity contribution < 1.29 is 17.2 Å². The number of hydrogen-bond donors (Lipinski definition) is 0. The minimum atomic E-state index is -2.92. The maximum Gasteiger partial charge on any atom is 0.252 e. The van der Waals surface area contributed by atoms with Gasteiger partial charge in [-0.15, -0.1) is 10.2 Å². The van der Waals surface area contributed by atoms with Gasteiger partial charge in [0.2, 0.25) is 0 Å². The molecule has 1 fully saturated rings. The summed E-state index contributed by atoms with van der Waals surface area (Å²) in [5, 5.41) is 13.4. The van der Waals surface area contributed by atoms with Crippen LogP contribution in [0.15, 0.2) is 42.9 Å². The average Bonchev–Trinajstić information content (AvgIpc) is 3.35. The molecule has 0 spiro atoms. The molecular weight excluding hydrogens is 536 g/mol. The van der Waals surface area contributed by atoms with Crippen LogP contribution < -0.4 is 0 Å². The van der Waals surface area contributed by atoms with Gasteiger partial charge >= 0.3 is 0 Å². The SMILES string of the molecule is C[C@@H]1CC(C)(C)[C@@](C)(c2ccnc(-n3cnc(CC4CS(=O)(=O)C4)n3)n2)c2nnc(-c3c(F)cccc3F)cc21. The zero-order valence-corrected chi connectivity index (χ0v) is 23.5. The van der Waals surface area contributed by atoms with Gasteiger partial charge in [-0.2, -0.15) is 9.78 Å². The standard InChI is InChI=1S/C28H29F2N7O2S/c1-16-12-27(2,3)28(4,25-18(16)11-21(34-35-25)24-19(29)6-5-7-20(24)30)22-8-9-31-26(33-22)37-15-32-23(36-37)10-17-13-40(38,39)14-17/h5-9,11,15-17H,10,12-14H2,1-4H3/t16-,28+/m1/s1. The highest BCUT2D eigenvalue weighted by Gasteiger charge is 2.52. The number of rotatable bonds is 5. The van der Waals surface area contributed by atoms with E-state index in [1.165, 1.54) is 29.2 Å². The van der Waals surface area contributed by atoms with Crippen molar-refractivity contribution in [2.45, 2.75) is 51.9 Å². The summed E-state index contributed by atoms with van der Waals surface area (Å²) in [4.78, 5) is 13.6. The molecule has 0 radical (unpaired) electrons. The molecule has 0 amide bonds. The molecule has 2 aliphatic rings. The summed E-state index contributed by atoms with van der Waals surface area (Å²) in [6.07, 6.45) is 4.44. The highest BCUT2D eigenvalue weighted by Crippen LogP contribution is 2.56. The topological polar surface area (TPSA) is 116 Å². The normalized spacial score (nSPS) is 23.4. The molecule has 6 rings (SSSR count). The molecule has 1 aromatic carbocycles. The monoisotopic (exact) mass is 565 g/mol. The molecule has 1 aliphatic heterocycles. The van der Waals surface area contributed by atoms with Crippen molar-refractivity contribution in [3.63, 3.8) is 0 Å². The van der Waals surface area contributed by atoms with Gasteiger partial charge in [-0.05, 0) is 60.4 Å². The first-order chi connectivity index (χ1) is 18.9. The van der Waals surface area contributed by atoms with Gasteiger partial charge in [0.15, 0.2) is 15.7 Å². The largest absolute Gasteiger partial charge is 0.252 e. The number of nitrogens with zero attached hydrogens (tertiary/aromatic N) is 7. The van der Waals surface area contributed by atoms with Crippen LogP contribution in [0.5, 0.6) is 0 Å². The minimum Gasteiger partial charge on any atom is -0.229 e. The van der Waals surface area contributed by atoms with Crippen LogP contribution in [0.3, 0.4) is 0 Å². The maximum absolute atomic E-state index is 14.6. The van der Waals surface area contributed by atoms with E-state index in [0.29, 0.717) is 29.6 Å². The second kappa shape index (κ2) is 9.18. The Kier molecular flexibility index (Phi) is 6.10. The summed E-state index contributed by atoms with van der Waals surface area (Å²) in [5.41, 5.74) is 1.21. The first-order valence-electron chi connectivity index (χ1n) is 13.2. The lowest BCUT2D eigenvalue weighted by atomic mass is 9.54. The zero-order chi connectivity index (χ0) is 28.4. The fourth-order valence-corrected chi connectivity index (χ4v) is 7.75. The molecule has 0 saturated carbocycles. The first-order valence-corrected chi connectivity index (χ1v) is 15.0. The van der Waals surface area contributed by atoms with Gasteiger partial charge in [-0.25, -0.2) is 32.2 Å². The van der Waals surface area contributed by atoms with E-state index < -0.39 is 26.9 Å². The van der Waals surface area contributed by atoms with Crippen molar-refractivity contribution in [1.82, 2.24) is 34.9 Å². The Hall–Kier alpha value is -3.67. The van der Waals surface area contributed by atoms with E-state index in [-0.39, 0.29) is 40.0 Å². The Morgan fingerprint density at radius 1 is 1.05 bits per heavy atom. The predicted molar refractivity (Wildman–Crippen MR) is 143 cm³/mol. The number of halogens is 2. The van der Waals surface area contributed by atoms with Crippen LogP contribution in [0.25, 0.3) is 17.2 Å². The summed E-state index contributed by atoms with van der Waals surface area (Å²) in [5.74, 6) is -0.106. The molecular formula is C28H29F2N7O2S. The lowest BCUT2D eigenvalue weighted by Gasteiger charge is -2.49. The summed E-state index contributed by atoms with van der Waals surface area (Å²) in [7, 11) is -2.92. The summed E-state index contributed by atoms with van der Waals surface area (Å²) in [6.45, 7) is 8.45. The summed E-state index contributed by atoms with van der Waals surface area (Å²) < 4.78 is 53.6. The number of benzene rings is 1. The minimum absolute atomic E-state index is 0.0230. The quantitative estimate of drug-likeness (QED) is 0.353. The van der Waals surface area contributed by atoms with E-state index in [1.54, 1.807) is 12.3 Å². The molecule has 2 atom stereocenters. The van der Waals surface area contributed by atoms with Crippen LogP contribution in [0.2, 0.25) is 0 Å². The molecule has 0 unspecified atom stereocenters. The molecule has 4 heterocycles. The molecule has 40 heavy (non-hydrogen) atoms. The third-order valence-electron chi connectivity index (χ3n) is 8.57. The van der Waals surface area contributed by atoms with Crippen molar-refractivity contribution >= 4 is 9.84 Å². The van der Waals surface area contributed by atoms with Crippen molar-refractivity contribution in [2.75, 3.05) is 11.5 Å². The van der Waals surface area contributed by atoms with E-state index in [9.17, 15) is 17.2 Å². The highest BCUT2D eigenvalue weighted by molar-refractivity contribution is 7.92. The first kappa shape index (κ1) is 26.5. The van der Waals surface area contributed by atoms with Gasteiger partial charge in [0, 0.05) is 12.6 Å². The van der Waals surface area contributed by atoms with E-state index in [0.717, 1.165) is 12.0 Å². The molecule has 0 N–H and O–H groups in total. The zero-order valence-electron chi connectivity index (χ0n) is 22.6. The molecule has 9 nitrogen and oxygen atoms in total. The molecule has 1 aliphatic carbocycles. The van der Waals surface area contributed by atoms with E-state index in [1.807, 2.05) is 6.07 Å². The number of aromatic nitrogens is 7. The molecule has 3 aromatic heterocycles. The van der Waals surface area contributed by atoms with Crippen molar-refractivity contribution in [3.05, 3.63) is 77.3 Å². The fourth-order valence-electron chi connectivity index (χ4n) is 6.17. The average molecular weight is 566 g/mol. The van der Waals surface area contributed by atoms with Crippen molar-refractivity contribution in [3.8, 4) is 17.2 Å². The van der Waals surface area contributed by atoms with Crippen LogP contribution in [-0.4, -0.2) is 54.9 Å².